The topological polar surface area (TPSA) is 36.3 Å². The van der Waals surface area contributed by atoms with Gasteiger partial charge in [-0.25, -0.2) is 0 Å². The molecule has 3 heteroatoms. The van der Waals surface area contributed by atoms with E-state index in [0.29, 0.717) is 13.0 Å². The van der Waals surface area contributed by atoms with Crippen LogP contribution in [0.25, 0.3) is 0 Å². The van der Waals surface area contributed by atoms with E-state index in [-0.39, 0.29) is 0 Å². The summed E-state index contributed by atoms with van der Waals surface area (Å²) in [4.78, 5) is 1.94. The van der Waals surface area contributed by atoms with Crippen LogP contribution in [-0.2, 0) is 6.42 Å². The van der Waals surface area contributed by atoms with Gasteiger partial charge in [-0.3, -0.25) is 4.90 Å². The molecule has 1 aromatic rings. The van der Waals surface area contributed by atoms with Gasteiger partial charge in [0.1, 0.15) is 11.3 Å². The van der Waals surface area contributed by atoms with E-state index in [0.717, 1.165) is 11.3 Å². The van der Waals surface area contributed by atoms with Gasteiger partial charge in [0, 0.05) is 6.42 Å². The van der Waals surface area contributed by atoms with Crippen molar-refractivity contribution in [3.05, 3.63) is 29.8 Å². The standard InChI is InChI=1S/C14H20N2O/c1-5-17-13-8-6-7-12(9-13)10-14(2,11-15)16(3)4/h6-9H,5,10H2,1-4H3. The first kappa shape index (κ1) is 13.5. The van der Waals surface area contributed by atoms with Crippen molar-refractivity contribution in [1.29, 1.82) is 5.26 Å². The lowest BCUT2D eigenvalue weighted by Crippen LogP contribution is -2.41. The van der Waals surface area contributed by atoms with Gasteiger partial charge in [-0.1, -0.05) is 12.1 Å². The molecule has 0 aromatic heterocycles. The van der Waals surface area contributed by atoms with Gasteiger partial charge in [0.2, 0.25) is 0 Å². The molecule has 0 amide bonds. The third kappa shape index (κ3) is 3.47. The van der Waals surface area contributed by atoms with E-state index < -0.39 is 5.54 Å². The average molecular weight is 232 g/mol. The Labute approximate surface area is 104 Å². The lowest BCUT2D eigenvalue weighted by atomic mass is 9.93. The molecule has 0 radical (unpaired) electrons. The second-order valence-electron chi connectivity index (χ2n) is 4.54. The fraction of sp³-hybridized carbons (Fsp3) is 0.500. The molecule has 1 unspecified atom stereocenters. The zero-order valence-electron chi connectivity index (χ0n) is 11.0. The summed E-state index contributed by atoms with van der Waals surface area (Å²) in [7, 11) is 3.85. The van der Waals surface area contributed by atoms with E-state index in [2.05, 4.69) is 6.07 Å². The van der Waals surface area contributed by atoms with Gasteiger partial charge in [0.25, 0.3) is 0 Å². The first-order valence-corrected chi connectivity index (χ1v) is 5.82. The highest BCUT2D eigenvalue weighted by Crippen LogP contribution is 2.21. The highest BCUT2D eigenvalue weighted by atomic mass is 16.5. The van der Waals surface area contributed by atoms with Gasteiger partial charge >= 0.3 is 0 Å². The molecule has 0 fully saturated rings. The van der Waals surface area contributed by atoms with Crippen LogP contribution < -0.4 is 4.74 Å². The average Bonchev–Trinajstić information content (AvgIpc) is 2.29. The molecular formula is C14H20N2O. The molecule has 1 aromatic carbocycles. The Morgan fingerprint density at radius 2 is 2.12 bits per heavy atom. The van der Waals surface area contributed by atoms with Crippen molar-refractivity contribution < 1.29 is 4.74 Å². The quantitative estimate of drug-likeness (QED) is 0.782. The minimum absolute atomic E-state index is 0.481. The number of nitrogens with zero attached hydrogens (tertiary/aromatic N) is 2. The molecule has 0 N–H and O–H groups in total. The maximum absolute atomic E-state index is 9.27. The van der Waals surface area contributed by atoms with Crippen molar-refractivity contribution in [2.45, 2.75) is 25.8 Å². The molecule has 0 aliphatic heterocycles. The number of rotatable bonds is 5. The van der Waals surface area contributed by atoms with Crippen molar-refractivity contribution in [2.24, 2.45) is 0 Å². The molecule has 1 atom stereocenters. The van der Waals surface area contributed by atoms with Crippen LogP contribution in [-0.4, -0.2) is 31.1 Å². The van der Waals surface area contributed by atoms with E-state index in [4.69, 9.17) is 4.74 Å². The summed E-state index contributed by atoms with van der Waals surface area (Å²) in [5.74, 6) is 0.865. The number of hydrogen-bond donors (Lipinski definition) is 0. The van der Waals surface area contributed by atoms with E-state index in [9.17, 15) is 5.26 Å². The molecule has 17 heavy (non-hydrogen) atoms. The molecule has 0 aliphatic rings. The summed E-state index contributed by atoms with van der Waals surface area (Å²) in [6, 6.07) is 10.3. The molecule has 92 valence electrons. The fourth-order valence-corrected chi connectivity index (χ4v) is 1.61. The second kappa shape index (κ2) is 5.70. The van der Waals surface area contributed by atoms with E-state index >= 15 is 0 Å². The van der Waals surface area contributed by atoms with Gasteiger partial charge in [-0.15, -0.1) is 0 Å². The van der Waals surface area contributed by atoms with Crippen molar-refractivity contribution in [3.63, 3.8) is 0 Å². The van der Waals surface area contributed by atoms with Crippen molar-refractivity contribution in [1.82, 2.24) is 4.90 Å². The molecule has 0 saturated heterocycles. The normalized spacial score (nSPS) is 14.1. The number of hydrogen-bond acceptors (Lipinski definition) is 3. The summed E-state index contributed by atoms with van der Waals surface area (Å²) in [6.07, 6.45) is 0.692. The van der Waals surface area contributed by atoms with Crippen LogP contribution in [0, 0.1) is 11.3 Å². The Kier molecular flexibility index (Phi) is 4.53. The fourth-order valence-electron chi connectivity index (χ4n) is 1.61. The smallest absolute Gasteiger partial charge is 0.119 e. The Bertz CT molecular complexity index is 409. The highest BCUT2D eigenvalue weighted by molar-refractivity contribution is 5.31. The van der Waals surface area contributed by atoms with Crippen LogP contribution >= 0.6 is 0 Å². The van der Waals surface area contributed by atoms with Crippen LogP contribution in [0.3, 0.4) is 0 Å². The third-order valence-corrected chi connectivity index (χ3v) is 2.99. The Hall–Kier alpha value is -1.53. The lowest BCUT2D eigenvalue weighted by molar-refractivity contribution is 0.236. The zero-order chi connectivity index (χ0) is 12.9. The molecule has 0 aliphatic carbocycles. The molecule has 0 heterocycles. The van der Waals surface area contributed by atoms with Gasteiger partial charge in [0.15, 0.2) is 0 Å². The maximum Gasteiger partial charge on any atom is 0.119 e. The first-order valence-electron chi connectivity index (χ1n) is 5.82. The molecule has 0 spiro atoms. The Morgan fingerprint density at radius 1 is 1.41 bits per heavy atom. The molecular weight excluding hydrogens is 212 g/mol. The van der Waals surface area contributed by atoms with E-state index in [1.807, 2.05) is 57.1 Å². The lowest BCUT2D eigenvalue weighted by Gasteiger charge is -2.29. The molecule has 0 saturated carbocycles. The van der Waals surface area contributed by atoms with Crippen LogP contribution in [0.5, 0.6) is 5.75 Å². The predicted octanol–water partition coefficient (Wildman–Crippen LogP) is 2.47. The minimum atomic E-state index is -0.481. The minimum Gasteiger partial charge on any atom is -0.494 e. The van der Waals surface area contributed by atoms with Crippen LogP contribution in [0.4, 0.5) is 0 Å². The van der Waals surface area contributed by atoms with E-state index in [1.54, 1.807) is 0 Å². The SMILES string of the molecule is CCOc1cccc(CC(C)(C#N)N(C)C)c1. The summed E-state index contributed by atoms with van der Waals surface area (Å²) < 4.78 is 5.46. The third-order valence-electron chi connectivity index (χ3n) is 2.99. The monoisotopic (exact) mass is 232 g/mol. The largest absolute Gasteiger partial charge is 0.494 e. The van der Waals surface area contributed by atoms with Gasteiger partial charge in [-0.2, -0.15) is 5.26 Å². The van der Waals surface area contributed by atoms with E-state index in [1.165, 1.54) is 0 Å². The van der Waals surface area contributed by atoms with Crippen molar-refractivity contribution in [3.8, 4) is 11.8 Å². The van der Waals surface area contributed by atoms with Crippen LogP contribution in [0.15, 0.2) is 24.3 Å². The Morgan fingerprint density at radius 3 is 2.65 bits per heavy atom. The maximum atomic E-state index is 9.27. The van der Waals surface area contributed by atoms with Gasteiger partial charge in [-0.05, 0) is 45.6 Å². The Balaban J connectivity index is 2.88. The predicted molar refractivity (Wildman–Crippen MR) is 69.0 cm³/mol. The number of ether oxygens (including phenoxy) is 1. The van der Waals surface area contributed by atoms with Crippen LogP contribution in [0.2, 0.25) is 0 Å². The zero-order valence-corrected chi connectivity index (χ0v) is 11.0. The summed E-state index contributed by atoms with van der Waals surface area (Å²) >= 11 is 0. The van der Waals surface area contributed by atoms with Crippen molar-refractivity contribution >= 4 is 0 Å². The summed E-state index contributed by atoms with van der Waals surface area (Å²) in [6.45, 7) is 4.57. The van der Waals surface area contributed by atoms with Crippen molar-refractivity contribution in [2.75, 3.05) is 20.7 Å². The summed E-state index contributed by atoms with van der Waals surface area (Å²) in [5.41, 5.74) is 0.638. The van der Waals surface area contributed by atoms with Crippen LogP contribution in [0.1, 0.15) is 19.4 Å². The molecule has 0 bridgehead atoms. The number of benzene rings is 1. The van der Waals surface area contributed by atoms with Gasteiger partial charge < -0.3 is 4.74 Å². The second-order valence-corrected chi connectivity index (χ2v) is 4.54. The van der Waals surface area contributed by atoms with Gasteiger partial charge in [0.05, 0.1) is 12.7 Å². The number of likely N-dealkylation sites (N-methyl/N-ethyl adjacent to an activating group) is 1. The number of nitriles is 1. The first-order chi connectivity index (χ1) is 8.01. The molecule has 3 nitrogen and oxygen atoms in total. The molecule has 1 rings (SSSR count). The summed E-state index contributed by atoms with van der Waals surface area (Å²) in [5, 5.41) is 9.27. The highest BCUT2D eigenvalue weighted by Gasteiger charge is 2.26.